The second-order valence-electron chi connectivity index (χ2n) is 4.63. The number of carbonyl (C=O) groups is 2. The second-order valence-corrected chi connectivity index (χ2v) is 5.41. The van der Waals surface area contributed by atoms with Crippen LogP contribution in [0.5, 0.6) is 0 Å². The maximum absolute atomic E-state index is 12.2. The van der Waals surface area contributed by atoms with Gasteiger partial charge >= 0.3 is 0 Å². The Morgan fingerprint density at radius 2 is 2.22 bits per heavy atom. The summed E-state index contributed by atoms with van der Waals surface area (Å²) in [6.07, 6.45) is 1.61. The molecule has 0 saturated carbocycles. The Morgan fingerprint density at radius 3 is 2.83 bits per heavy atom. The SMILES string of the molecule is CCCC1C(=O)NC(C)C(=O)N1Cc1ccsc1. The summed E-state index contributed by atoms with van der Waals surface area (Å²) in [5.41, 5.74) is 1.09. The molecule has 1 aliphatic rings. The summed E-state index contributed by atoms with van der Waals surface area (Å²) in [6, 6.07) is 1.26. The number of nitrogens with one attached hydrogen (secondary N) is 1. The van der Waals surface area contributed by atoms with Gasteiger partial charge in [-0.2, -0.15) is 11.3 Å². The Balaban J connectivity index is 2.19. The molecule has 0 aromatic carbocycles. The molecule has 2 amide bonds. The van der Waals surface area contributed by atoms with Crippen molar-refractivity contribution in [3.05, 3.63) is 22.4 Å². The Morgan fingerprint density at radius 1 is 1.44 bits per heavy atom. The summed E-state index contributed by atoms with van der Waals surface area (Å²) in [5.74, 6) is -0.0153. The molecule has 2 atom stereocenters. The fourth-order valence-corrected chi connectivity index (χ4v) is 2.90. The fourth-order valence-electron chi connectivity index (χ4n) is 2.24. The van der Waals surface area contributed by atoms with Gasteiger partial charge in [0, 0.05) is 6.54 Å². The first-order valence-electron chi connectivity index (χ1n) is 6.25. The molecular weight excluding hydrogens is 248 g/mol. The number of piperazine rings is 1. The molecule has 1 N–H and O–H groups in total. The summed E-state index contributed by atoms with van der Waals surface area (Å²) >= 11 is 1.61. The minimum absolute atomic E-state index is 0.0132. The molecule has 4 nitrogen and oxygen atoms in total. The van der Waals surface area contributed by atoms with Gasteiger partial charge in [-0.05, 0) is 35.7 Å². The second kappa shape index (κ2) is 5.52. The molecule has 0 aliphatic carbocycles. The van der Waals surface area contributed by atoms with Crippen LogP contribution in [-0.4, -0.2) is 28.8 Å². The first kappa shape index (κ1) is 13.1. The highest BCUT2D eigenvalue weighted by Crippen LogP contribution is 2.19. The molecule has 5 heteroatoms. The molecular formula is C13H18N2O2S. The zero-order valence-corrected chi connectivity index (χ0v) is 11.5. The van der Waals surface area contributed by atoms with E-state index in [1.54, 1.807) is 23.2 Å². The summed E-state index contributed by atoms with van der Waals surface area (Å²) in [5, 5.41) is 6.76. The number of hydrogen-bond donors (Lipinski definition) is 1. The molecule has 2 unspecified atom stereocenters. The minimum Gasteiger partial charge on any atom is -0.343 e. The lowest BCUT2D eigenvalue weighted by atomic mass is 10.0. The Kier molecular flexibility index (Phi) is 4.01. The summed E-state index contributed by atoms with van der Waals surface area (Å²) in [6.45, 7) is 4.30. The average Bonchev–Trinajstić information content (AvgIpc) is 2.83. The molecule has 1 aromatic rings. The molecule has 2 rings (SSSR count). The van der Waals surface area contributed by atoms with Gasteiger partial charge < -0.3 is 10.2 Å². The number of thiophene rings is 1. The van der Waals surface area contributed by atoms with Gasteiger partial charge in [-0.25, -0.2) is 0 Å². The largest absolute Gasteiger partial charge is 0.343 e. The van der Waals surface area contributed by atoms with Crippen molar-refractivity contribution < 1.29 is 9.59 Å². The van der Waals surface area contributed by atoms with Crippen LogP contribution in [0.3, 0.4) is 0 Å². The number of amides is 2. The third kappa shape index (κ3) is 2.56. The van der Waals surface area contributed by atoms with Crippen LogP contribution in [0.1, 0.15) is 32.3 Å². The molecule has 0 bridgehead atoms. The van der Waals surface area contributed by atoms with E-state index in [2.05, 4.69) is 5.32 Å². The van der Waals surface area contributed by atoms with E-state index >= 15 is 0 Å². The standard InChI is InChI=1S/C13H18N2O2S/c1-3-4-11-12(16)14-9(2)13(17)15(11)7-10-5-6-18-8-10/h5-6,8-9,11H,3-4,7H2,1-2H3,(H,14,16). The van der Waals surface area contributed by atoms with Crippen molar-refractivity contribution in [3.8, 4) is 0 Å². The van der Waals surface area contributed by atoms with Crippen LogP contribution in [0.4, 0.5) is 0 Å². The van der Waals surface area contributed by atoms with Gasteiger partial charge in [0.05, 0.1) is 0 Å². The van der Waals surface area contributed by atoms with Crippen molar-refractivity contribution in [2.75, 3.05) is 0 Å². The average molecular weight is 266 g/mol. The van der Waals surface area contributed by atoms with Gasteiger partial charge in [-0.15, -0.1) is 0 Å². The highest BCUT2D eigenvalue weighted by Gasteiger charge is 2.37. The lowest BCUT2D eigenvalue weighted by molar-refractivity contribution is -0.149. The lowest BCUT2D eigenvalue weighted by Gasteiger charge is -2.37. The Bertz CT molecular complexity index is 430. The smallest absolute Gasteiger partial charge is 0.245 e. The van der Waals surface area contributed by atoms with Crippen molar-refractivity contribution in [2.24, 2.45) is 0 Å². The van der Waals surface area contributed by atoms with Crippen molar-refractivity contribution >= 4 is 23.2 Å². The normalized spacial score (nSPS) is 24.2. The van der Waals surface area contributed by atoms with E-state index in [1.807, 2.05) is 23.8 Å². The highest BCUT2D eigenvalue weighted by atomic mass is 32.1. The lowest BCUT2D eigenvalue weighted by Crippen LogP contribution is -2.61. The molecule has 0 spiro atoms. The van der Waals surface area contributed by atoms with Gasteiger partial charge in [0.15, 0.2) is 0 Å². The van der Waals surface area contributed by atoms with E-state index in [-0.39, 0.29) is 17.9 Å². The van der Waals surface area contributed by atoms with Crippen LogP contribution < -0.4 is 5.32 Å². The summed E-state index contributed by atoms with van der Waals surface area (Å²) in [7, 11) is 0. The van der Waals surface area contributed by atoms with Crippen molar-refractivity contribution in [1.29, 1.82) is 0 Å². The van der Waals surface area contributed by atoms with E-state index in [4.69, 9.17) is 0 Å². The third-order valence-electron chi connectivity index (χ3n) is 3.19. The first-order chi connectivity index (χ1) is 8.63. The molecule has 0 radical (unpaired) electrons. The zero-order chi connectivity index (χ0) is 13.1. The molecule has 98 valence electrons. The third-order valence-corrected chi connectivity index (χ3v) is 3.92. The molecule has 18 heavy (non-hydrogen) atoms. The van der Waals surface area contributed by atoms with Crippen molar-refractivity contribution in [1.82, 2.24) is 10.2 Å². The number of rotatable bonds is 4. The quantitative estimate of drug-likeness (QED) is 0.903. The van der Waals surface area contributed by atoms with Gasteiger partial charge in [0.2, 0.25) is 11.8 Å². The fraction of sp³-hybridized carbons (Fsp3) is 0.538. The summed E-state index contributed by atoms with van der Waals surface area (Å²) < 4.78 is 0. The number of carbonyl (C=O) groups excluding carboxylic acids is 2. The Labute approximate surface area is 111 Å². The maximum atomic E-state index is 12.2. The van der Waals surface area contributed by atoms with Gasteiger partial charge in [-0.1, -0.05) is 13.3 Å². The van der Waals surface area contributed by atoms with Gasteiger partial charge in [-0.3, -0.25) is 9.59 Å². The maximum Gasteiger partial charge on any atom is 0.245 e. The van der Waals surface area contributed by atoms with Crippen LogP contribution >= 0.6 is 11.3 Å². The van der Waals surface area contributed by atoms with E-state index in [1.165, 1.54) is 0 Å². The van der Waals surface area contributed by atoms with E-state index < -0.39 is 6.04 Å². The van der Waals surface area contributed by atoms with Crippen LogP contribution in [0.2, 0.25) is 0 Å². The van der Waals surface area contributed by atoms with Crippen LogP contribution in [-0.2, 0) is 16.1 Å². The van der Waals surface area contributed by atoms with Crippen molar-refractivity contribution in [3.63, 3.8) is 0 Å². The van der Waals surface area contributed by atoms with E-state index in [9.17, 15) is 9.59 Å². The topological polar surface area (TPSA) is 49.4 Å². The van der Waals surface area contributed by atoms with Crippen LogP contribution in [0, 0.1) is 0 Å². The molecule has 1 fully saturated rings. The Hall–Kier alpha value is -1.36. The number of hydrogen-bond acceptors (Lipinski definition) is 3. The van der Waals surface area contributed by atoms with E-state index in [0.29, 0.717) is 13.0 Å². The molecule has 2 heterocycles. The minimum atomic E-state index is -0.413. The molecule has 1 aromatic heterocycles. The molecule has 1 aliphatic heterocycles. The van der Waals surface area contributed by atoms with E-state index in [0.717, 1.165) is 12.0 Å². The monoisotopic (exact) mass is 266 g/mol. The van der Waals surface area contributed by atoms with Gasteiger partial charge in [0.1, 0.15) is 12.1 Å². The summed E-state index contributed by atoms with van der Waals surface area (Å²) in [4.78, 5) is 25.9. The van der Waals surface area contributed by atoms with Crippen molar-refractivity contribution in [2.45, 2.75) is 45.3 Å². The zero-order valence-electron chi connectivity index (χ0n) is 10.7. The predicted octanol–water partition coefficient (Wildman–Crippen LogP) is 1.76. The van der Waals surface area contributed by atoms with Crippen LogP contribution in [0.25, 0.3) is 0 Å². The number of nitrogens with zero attached hydrogens (tertiary/aromatic N) is 1. The van der Waals surface area contributed by atoms with Gasteiger partial charge in [0.25, 0.3) is 0 Å². The molecule has 1 saturated heterocycles. The highest BCUT2D eigenvalue weighted by molar-refractivity contribution is 7.07. The first-order valence-corrected chi connectivity index (χ1v) is 7.19. The van der Waals surface area contributed by atoms with Crippen LogP contribution in [0.15, 0.2) is 16.8 Å². The predicted molar refractivity (Wildman–Crippen MR) is 71.2 cm³/mol.